The predicted molar refractivity (Wildman–Crippen MR) is 95.8 cm³/mol. The molecule has 0 aliphatic heterocycles. The highest BCUT2D eigenvalue weighted by atomic mass is 17.0. The SMILES string of the molecule is CC.CC.CC.O.OO.c1ccccc1.c1ccccc1. The zero-order valence-corrected chi connectivity index (χ0v) is 14.3. The lowest BCUT2D eigenvalue weighted by Crippen LogP contribution is -1.47. The minimum Gasteiger partial charge on any atom is -0.412 e. The van der Waals surface area contributed by atoms with E-state index in [0.717, 1.165) is 0 Å². The first kappa shape index (κ1) is 31.6. The number of hydrogen-bond acceptors (Lipinski definition) is 2. The van der Waals surface area contributed by atoms with Crippen LogP contribution in [0.25, 0.3) is 0 Å². The van der Waals surface area contributed by atoms with E-state index in [9.17, 15) is 0 Å². The van der Waals surface area contributed by atoms with Gasteiger partial charge in [-0.2, -0.15) is 0 Å². The second-order valence-electron chi connectivity index (χ2n) is 2.31. The molecule has 0 aliphatic rings. The molecule has 0 bridgehead atoms. The van der Waals surface area contributed by atoms with Crippen molar-refractivity contribution in [1.82, 2.24) is 0 Å². The van der Waals surface area contributed by atoms with E-state index in [2.05, 4.69) is 0 Å². The Kier molecular flexibility index (Phi) is 77.7. The van der Waals surface area contributed by atoms with Crippen LogP contribution in [0, 0.1) is 0 Å². The maximum absolute atomic E-state index is 6.00. The fourth-order valence-electron chi connectivity index (χ4n) is 0.770. The van der Waals surface area contributed by atoms with Crippen molar-refractivity contribution in [3.05, 3.63) is 72.8 Å². The maximum atomic E-state index is 6.00. The summed E-state index contributed by atoms with van der Waals surface area (Å²) in [4.78, 5) is 0. The molecule has 0 aliphatic carbocycles. The Labute approximate surface area is 131 Å². The van der Waals surface area contributed by atoms with Gasteiger partial charge in [-0.1, -0.05) is 114 Å². The van der Waals surface area contributed by atoms with Crippen LogP contribution in [0.2, 0.25) is 0 Å². The summed E-state index contributed by atoms with van der Waals surface area (Å²) < 4.78 is 0. The Bertz CT molecular complexity index is 188. The summed E-state index contributed by atoms with van der Waals surface area (Å²) >= 11 is 0. The van der Waals surface area contributed by atoms with Gasteiger partial charge in [-0.05, 0) is 0 Å². The first-order chi connectivity index (χ1) is 10.0. The van der Waals surface area contributed by atoms with Crippen LogP contribution in [0.1, 0.15) is 41.5 Å². The summed E-state index contributed by atoms with van der Waals surface area (Å²) in [7, 11) is 0. The van der Waals surface area contributed by atoms with Gasteiger partial charge in [0.1, 0.15) is 0 Å². The summed E-state index contributed by atoms with van der Waals surface area (Å²) in [6, 6.07) is 24.0. The lowest BCUT2D eigenvalue weighted by atomic mass is 10.4. The molecule has 0 aromatic heterocycles. The number of rotatable bonds is 0. The lowest BCUT2D eigenvalue weighted by molar-refractivity contribution is -0.176. The van der Waals surface area contributed by atoms with Crippen LogP contribution in [0.15, 0.2) is 72.8 Å². The summed E-state index contributed by atoms with van der Waals surface area (Å²) in [5.74, 6) is 0. The maximum Gasteiger partial charge on any atom is -0.0623 e. The second kappa shape index (κ2) is 51.6. The quantitative estimate of drug-likeness (QED) is 0.487. The molecule has 2 aromatic rings. The van der Waals surface area contributed by atoms with E-state index in [1.165, 1.54) is 0 Å². The van der Waals surface area contributed by atoms with E-state index in [0.29, 0.717) is 0 Å². The highest BCUT2D eigenvalue weighted by Gasteiger charge is 1.58. The summed E-state index contributed by atoms with van der Waals surface area (Å²) in [5, 5.41) is 12.0. The van der Waals surface area contributed by atoms with Gasteiger partial charge in [0.15, 0.2) is 0 Å². The number of benzene rings is 2. The van der Waals surface area contributed by atoms with Crippen molar-refractivity contribution in [1.29, 1.82) is 0 Å². The van der Waals surface area contributed by atoms with Crippen LogP contribution in [-0.2, 0) is 0 Å². The third-order valence-electron chi connectivity index (χ3n) is 1.33. The molecular formula is C18H34O3. The fourth-order valence-corrected chi connectivity index (χ4v) is 0.770. The van der Waals surface area contributed by atoms with E-state index >= 15 is 0 Å². The first-order valence-corrected chi connectivity index (χ1v) is 7.20. The van der Waals surface area contributed by atoms with Crippen molar-refractivity contribution < 1.29 is 16.0 Å². The summed E-state index contributed by atoms with van der Waals surface area (Å²) in [6.07, 6.45) is 0. The molecule has 0 amide bonds. The Morgan fingerprint density at radius 2 is 0.381 bits per heavy atom. The van der Waals surface area contributed by atoms with Gasteiger partial charge < -0.3 is 5.48 Å². The molecular weight excluding hydrogens is 264 g/mol. The molecule has 0 saturated heterocycles. The predicted octanol–water partition coefficient (Wildman–Crippen LogP) is 5.64. The van der Waals surface area contributed by atoms with Gasteiger partial charge in [0.2, 0.25) is 0 Å². The van der Waals surface area contributed by atoms with Gasteiger partial charge in [-0.15, -0.1) is 0 Å². The zero-order chi connectivity index (χ0) is 16.5. The highest BCUT2D eigenvalue weighted by Crippen LogP contribution is 1.80. The van der Waals surface area contributed by atoms with Crippen molar-refractivity contribution in [3.63, 3.8) is 0 Å². The minimum absolute atomic E-state index is 0. The average molecular weight is 298 g/mol. The summed E-state index contributed by atoms with van der Waals surface area (Å²) in [5.41, 5.74) is 0. The Morgan fingerprint density at radius 3 is 0.429 bits per heavy atom. The molecule has 3 heteroatoms. The van der Waals surface area contributed by atoms with Crippen LogP contribution >= 0.6 is 0 Å². The van der Waals surface area contributed by atoms with Crippen molar-refractivity contribution >= 4 is 0 Å². The average Bonchev–Trinajstić information content (AvgIpc) is 2.65. The van der Waals surface area contributed by atoms with Crippen molar-refractivity contribution in [3.8, 4) is 0 Å². The van der Waals surface area contributed by atoms with E-state index < -0.39 is 0 Å². The molecule has 0 atom stereocenters. The Morgan fingerprint density at radius 1 is 0.333 bits per heavy atom. The van der Waals surface area contributed by atoms with Gasteiger partial charge in [-0.25, -0.2) is 0 Å². The largest absolute Gasteiger partial charge is 0.412 e. The monoisotopic (exact) mass is 298 g/mol. The molecule has 0 spiro atoms. The molecule has 0 unspecified atom stereocenters. The molecule has 3 nitrogen and oxygen atoms in total. The molecule has 4 N–H and O–H groups in total. The molecule has 2 rings (SSSR count). The molecule has 0 saturated carbocycles. The Balaban J connectivity index is -0.0000000539. The number of hydrogen-bond donors (Lipinski definition) is 2. The molecule has 2 aromatic carbocycles. The minimum atomic E-state index is 0. The Hall–Kier alpha value is -1.68. The lowest BCUT2D eigenvalue weighted by Gasteiger charge is -1.69. The van der Waals surface area contributed by atoms with E-state index in [1.807, 2.05) is 114 Å². The van der Waals surface area contributed by atoms with Crippen molar-refractivity contribution in [2.45, 2.75) is 41.5 Å². The van der Waals surface area contributed by atoms with Crippen LogP contribution in [-0.4, -0.2) is 16.0 Å². The van der Waals surface area contributed by atoms with Crippen LogP contribution in [0.5, 0.6) is 0 Å². The van der Waals surface area contributed by atoms with E-state index in [-0.39, 0.29) is 5.48 Å². The molecule has 0 radical (unpaired) electrons. The smallest absolute Gasteiger partial charge is 0.0623 e. The zero-order valence-electron chi connectivity index (χ0n) is 14.3. The van der Waals surface area contributed by atoms with Gasteiger partial charge in [0.25, 0.3) is 0 Å². The molecule has 124 valence electrons. The van der Waals surface area contributed by atoms with Crippen LogP contribution < -0.4 is 0 Å². The van der Waals surface area contributed by atoms with Crippen LogP contribution in [0.4, 0.5) is 0 Å². The molecule has 0 heterocycles. The van der Waals surface area contributed by atoms with Gasteiger partial charge in [-0.3, -0.25) is 10.5 Å². The highest BCUT2D eigenvalue weighted by molar-refractivity contribution is 4.99. The second-order valence-corrected chi connectivity index (χ2v) is 2.31. The molecule has 0 fully saturated rings. The topological polar surface area (TPSA) is 72.0 Å². The van der Waals surface area contributed by atoms with Crippen molar-refractivity contribution in [2.24, 2.45) is 0 Å². The van der Waals surface area contributed by atoms with Gasteiger partial charge in [0.05, 0.1) is 0 Å². The first-order valence-electron chi connectivity index (χ1n) is 7.20. The fraction of sp³-hybridized carbons (Fsp3) is 0.333. The van der Waals surface area contributed by atoms with E-state index in [4.69, 9.17) is 10.5 Å². The van der Waals surface area contributed by atoms with Crippen LogP contribution in [0.3, 0.4) is 0 Å². The van der Waals surface area contributed by atoms with Gasteiger partial charge >= 0.3 is 0 Å². The third kappa shape index (κ3) is 45.8. The normalized spacial score (nSPS) is 5.71. The standard InChI is InChI=1S/2C6H6.3C2H6.H2O2.H2O/c2*1-2-4-6-5-3-1;4*1-2;/h2*1-6H;3*1-2H3;1-2H;1H2. The summed E-state index contributed by atoms with van der Waals surface area (Å²) in [6.45, 7) is 12.0. The van der Waals surface area contributed by atoms with Gasteiger partial charge in [0, 0.05) is 0 Å². The third-order valence-corrected chi connectivity index (χ3v) is 1.33. The molecule has 21 heavy (non-hydrogen) atoms. The van der Waals surface area contributed by atoms with E-state index in [1.54, 1.807) is 0 Å². The van der Waals surface area contributed by atoms with Crippen molar-refractivity contribution in [2.75, 3.05) is 0 Å².